The van der Waals surface area contributed by atoms with Crippen molar-refractivity contribution in [3.63, 3.8) is 0 Å². The summed E-state index contributed by atoms with van der Waals surface area (Å²) in [6.45, 7) is 0.466. The number of sulfonamides is 1. The van der Waals surface area contributed by atoms with Gasteiger partial charge < -0.3 is 9.30 Å². The van der Waals surface area contributed by atoms with E-state index in [0.717, 1.165) is 52.0 Å². The Kier molecular flexibility index (Phi) is 6.71. The normalized spacial score (nSPS) is 17.8. The van der Waals surface area contributed by atoms with Crippen LogP contribution in [0.3, 0.4) is 0 Å². The van der Waals surface area contributed by atoms with Gasteiger partial charge in [-0.3, -0.25) is 4.79 Å². The lowest BCUT2D eigenvalue weighted by atomic mass is 10.2. The predicted molar refractivity (Wildman–Crippen MR) is 115 cm³/mol. The standard InChI is InChI=1S/C21H20F3N3O4S2/c1-31-10-9-26-19-16(24)11-14(23)12-18(19)32-21(26)25-20(28)17-3-2-8-27(17)33(29,30)15-6-4-13(22)5-7-15/h4-7,11-12,17H,2-3,8-10H2,1H3. The van der Waals surface area contributed by atoms with Crippen LogP contribution in [0.4, 0.5) is 13.2 Å². The number of methoxy groups -OCH3 is 1. The van der Waals surface area contributed by atoms with E-state index in [1.54, 1.807) is 0 Å². The Morgan fingerprint density at radius 2 is 1.91 bits per heavy atom. The molecule has 0 N–H and O–H groups in total. The lowest BCUT2D eigenvalue weighted by Crippen LogP contribution is -2.40. The molecule has 1 unspecified atom stereocenters. The quantitative estimate of drug-likeness (QED) is 0.522. The number of halogens is 3. The molecule has 1 amide bonds. The van der Waals surface area contributed by atoms with Crippen LogP contribution in [-0.2, 0) is 26.1 Å². The van der Waals surface area contributed by atoms with E-state index in [9.17, 15) is 26.4 Å². The van der Waals surface area contributed by atoms with E-state index in [-0.39, 0.29) is 46.0 Å². The van der Waals surface area contributed by atoms with Crippen LogP contribution < -0.4 is 4.80 Å². The van der Waals surface area contributed by atoms with Gasteiger partial charge in [0.15, 0.2) is 10.6 Å². The molecule has 3 aromatic rings. The minimum Gasteiger partial charge on any atom is -0.383 e. The lowest BCUT2D eigenvalue weighted by Gasteiger charge is -2.21. The van der Waals surface area contributed by atoms with Crippen molar-refractivity contribution >= 4 is 37.5 Å². The van der Waals surface area contributed by atoms with Gasteiger partial charge >= 0.3 is 0 Å². The molecule has 0 spiro atoms. The molecule has 12 heteroatoms. The van der Waals surface area contributed by atoms with Gasteiger partial charge in [0.2, 0.25) is 10.0 Å². The SMILES string of the molecule is COCCn1c(=NC(=O)C2CCCN2S(=O)(=O)c2ccc(F)cc2)sc2cc(F)cc(F)c21. The molecule has 0 radical (unpaired) electrons. The zero-order valence-electron chi connectivity index (χ0n) is 17.5. The fourth-order valence-electron chi connectivity index (χ4n) is 3.79. The first-order valence-corrected chi connectivity index (χ1v) is 12.3. The van der Waals surface area contributed by atoms with Gasteiger partial charge in [-0.05, 0) is 43.2 Å². The van der Waals surface area contributed by atoms with E-state index in [1.807, 2.05) is 0 Å². The van der Waals surface area contributed by atoms with E-state index < -0.39 is 39.4 Å². The number of ether oxygens (including phenoxy) is 1. The molecule has 1 saturated heterocycles. The highest BCUT2D eigenvalue weighted by molar-refractivity contribution is 7.89. The van der Waals surface area contributed by atoms with Gasteiger partial charge in [0.25, 0.3) is 5.91 Å². The van der Waals surface area contributed by atoms with Crippen molar-refractivity contribution in [3.8, 4) is 0 Å². The topological polar surface area (TPSA) is 81.0 Å². The van der Waals surface area contributed by atoms with E-state index in [0.29, 0.717) is 6.42 Å². The van der Waals surface area contributed by atoms with Gasteiger partial charge in [-0.25, -0.2) is 21.6 Å². The van der Waals surface area contributed by atoms with Gasteiger partial charge in [-0.1, -0.05) is 11.3 Å². The number of amides is 1. The zero-order valence-corrected chi connectivity index (χ0v) is 19.1. The second-order valence-corrected chi connectivity index (χ2v) is 10.3. The van der Waals surface area contributed by atoms with Crippen molar-refractivity contribution in [3.05, 3.63) is 58.7 Å². The first-order valence-electron chi connectivity index (χ1n) is 10.1. The third-order valence-corrected chi connectivity index (χ3v) is 8.28. The summed E-state index contributed by atoms with van der Waals surface area (Å²) < 4.78 is 75.3. The Morgan fingerprint density at radius 1 is 1.18 bits per heavy atom. The number of rotatable bonds is 6. The molecule has 0 saturated carbocycles. The molecule has 7 nitrogen and oxygen atoms in total. The summed E-state index contributed by atoms with van der Waals surface area (Å²) in [5.74, 6) is -2.85. The van der Waals surface area contributed by atoms with Gasteiger partial charge in [-0.2, -0.15) is 9.30 Å². The highest BCUT2D eigenvalue weighted by atomic mass is 32.2. The van der Waals surface area contributed by atoms with Crippen LogP contribution in [0.1, 0.15) is 12.8 Å². The van der Waals surface area contributed by atoms with Gasteiger partial charge in [0.1, 0.15) is 17.7 Å². The third-order valence-electron chi connectivity index (χ3n) is 5.33. The maximum Gasteiger partial charge on any atom is 0.266 e. The van der Waals surface area contributed by atoms with Crippen molar-refractivity contribution in [1.29, 1.82) is 0 Å². The Hall–Kier alpha value is -2.54. The molecule has 4 rings (SSSR count). The predicted octanol–water partition coefficient (Wildman–Crippen LogP) is 3.05. The summed E-state index contributed by atoms with van der Waals surface area (Å²) in [6.07, 6.45) is 0.705. The van der Waals surface area contributed by atoms with Crippen LogP contribution in [0.2, 0.25) is 0 Å². The fourth-order valence-corrected chi connectivity index (χ4v) is 6.54. The summed E-state index contributed by atoms with van der Waals surface area (Å²) >= 11 is 0.927. The minimum absolute atomic E-state index is 0.0900. The van der Waals surface area contributed by atoms with Crippen molar-refractivity contribution in [1.82, 2.24) is 8.87 Å². The summed E-state index contributed by atoms with van der Waals surface area (Å²) in [5, 5.41) is 0. The van der Waals surface area contributed by atoms with Crippen molar-refractivity contribution < 1.29 is 31.1 Å². The Labute approximate surface area is 191 Å². The molecule has 1 aliphatic heterocycles. The number of thiazole rings is 1. The van der Waals surface area contributed by atoms with Crippen molar-refractivity contribution in [2.45, 2.75) is 30.3 Å². The van der Waals surface area contributed by atoms with E-state index >= 15 is 0 Å². The monoisotopic (exact) mass is 499 g/mol. The molecule has 1 aromatic heterocycles. The van der Waals surface area contributed by atoms with Crippen LogP contribution in [0.25, 0.3) is 10.2 Å². The summed E-state index contributed by atoms with van der Waals surface area (Å²) in [7, 11) is -2.59. The number of hydrogen-bond acceptors (Lipinski definition) is 5. The number of nitrogens with zero attached hydrogens (tertiary/aromatic N) is 3. The van der Waals surface area contributed by atoms with Crippen LogP contribution in [0.5, 0.6) is 0 Å². The maximum absolute atomic E-state index is 14.5. The van der Waals surface area contributed by atoms with Crippen LogP contribution in [0.15, 0.2) is 46.3 Å². The molecule has 1 atom stereocenters. The Bertz CT molecular complexity index is 1370. The molecule has 1 fully saturated rings. The first-order chi connectivity index (χ1) is 15.7. The number of carbonyl (C=O) groups is 1. The second-order valence-electron chi connectivity index (χ2n) is 7.44. The molecule has 0 bridgehead atoms. The number of hydrogen-bond donors (Lipinski definition) is 0. The van der Waals surface area contributed by atoms with Crippen LogP contribution in [-0.4, -0.2) is 49.5 Å². The summed E-state index contributed by atoms with van der Waals surface area (Å²) in [5.41, 5.74) is 0.0900. The summed E-state index contributed by atoms with van der Waals surface area (Å²) in [6, 6.07) is 5.20. The fraction of sp³-hybridized carbons (Fsp3) is 0.333. The van der Waals surface area contributed by atoms with E-state index in [4.69, 9.17) is 4.74 Å². The van der Waals surface area contributed by atoms with Crippen LogP contribution in [0, 0.1) is 17.5 Å². The zero-order chi connectivity index (χ0) is 23.8. The maximum atomic E-state index is 14.5. The molecular formula is C21H20F3N3O4S2. The van der Waals surface area contributed by atoms with Gasteiger partial charge in [-0.15, -0.1) is 0 Å². The molecule has 2 aromatic carbocycles. The van der Waals surface area contributed by atoms with E-state index in [1.165, 1.54) is 11.7 Å². The third kappa shape index (κ3) is 4.60. The Balaban J connectivity index is 1.74. The number of carbonyl (C=O) groups excluding carboxylic acids is 1. The van der Waals surface area contributed by atoms with Gasteiger partial charge in [0, 0.05) is 26.3 Å². The number of aromatic nitrogens is 1. The molecule has 176 valence electrons. The van der Waals surface area contributed by atoms with E-state index in [2.05, 4.69) is 4.99 Å². The molecule has 33 heavy (non-hydrogen) atoms. The smallest absolute Gasteiger partial charge is 0.266 e. The van der Waals surface area contributed by atoms with Crippen molar-refractivity contribution in [2.24, 2.45) is 4.99 Å². The lowest BCUT2D eigenvalue weighted by molar-refractivity contribution is -0.121. The molecule has 2 heterocycles. The molecule has 0 aliphatic carbocycles. The van der Waals surface area contributed by atoms with Crippen molar-refractivity contribution in [2.75, 3.05) is 20.3 Å². The largest absolute Gasteiger partial charge is 0.383 e. The second kappa shape index (κ2) is 9.37. The highest BCUT2D eigenvalue weighted by Crippen LogP contribution is 2.27. The average Bonchev–Trinajstić information content (AvgIpc) is 3.38. The van der Waals surface area contributed by atoms with Gasteiger partial charge in [0.05, 0.1) is 21.7 Å². The summed E-state index contributed by atoms with van der Waals surface area (Å²) in [4.78, 5) is 17.2. The molecule has 1 aliphatic rings. The van der Waals surface area contributed by atoms with Crippen LogP contribution >= 0.6 is 11.3 Å². The average molecular weight is 500 g/mol. The number of fused-ring (bicyclic) bond motifs is 1. The Morgan fingerprint density at radius 3 is 2.61 bits per heavy atom. The number of benzene rings is 2. The first kappa shape index (κ1) is 23.6. The minimum atomic E-state index is -4.05. The highest BCUT2D eigenvalue weighted by Gasteiger charge is 2.39. The molecular weight excluding hydrogens is 479 g/mol.